The second kappa shape index (κ2) is 6.02. The lowest BCUT2D eigenvalue weighted by Gasteiger charge is -2.18. The number of hydrogen-bond donors (Lipinski definition) is 2. The minimum Gasteiger partial charge on any atom is -0.496 e. The second-order valence-corrected chi connectivity index (χ2v) is 4.70. The van der Waals surface area contributed by atoms with Gasteiger partial charge >= 0.3 is 5.97 Å². The average Bonchev–Trinajstić information content (AvgIpc) is 2.28. The first-order valence-electron chi connectivity index (χ1n) is 5.28. The van der Waals surface area contributed by atoms with Gasteiger partial charge in [0.15, 0.2) is 0 Å². The van der Waals surface area contributed by atoms with Gasteiger partial charge in [-0.1, -0.05) is 6.07 Å². The van der Waals surface area contributed by atoms with E-state index in [0.29, 0.717) is 0 Å². The van der Waals surface area contributed by atoms with Gasteiger partial charge in [-0.15, -0.1) is 0 Å². The van der Waals surface area contributed by atoms with Gasteiger partial charge < -0.3 is 9.84 Å². The fourth-order valence-electron chi connectivity index (χ4n) is 1.49. The Morgan fingerprint density at radius 1 is 1.47 bits per heavy atom. The molecule has 17 heavy (non-hydrogen) atoms. The van der Waals surface area contributed by atoms with Gasteiger partial charge in [-0.25, -0.2) is 0 Å². The Morgan fingerprint density at radius 3 is 2.59 bits per heavy atom. The molecule has 0 saturated heterocycles. The van der Waals surface area contributed by atoms with E-state index in [1.54, 1.807) is 14.0 Å². The van der Waals surface area contributed by atoms with Crippen molar-refractivity contribution in [2.75, 3.05) is 7.11 Å². The van der Waals surface area contributed by atoms with Gasteiger partial charge in [0.1, 0.15) is 11.8 Å². The number of benzene rings is 1. The van der Waals surface area contributed by atoms with E-state index < -0.39 is 12.0 Å². The summed E-state index contributed by atoms with van der Waals surface area (Å²) < 4.78 is 5.99. The summed E-state index contributed by atoms with van der Waals surface area (Å²) in [7, 11) is 1.61. The van der Waals surface area contributed by atoms with Gasteiger partial charge in [0.2, 0.25) is 0 Å². The number of carbonyl (C=O) groups is 1. The second-order valence-electron chi connectivity index (χ2n) is 3.84. The lowest BCUT2D eigenvalue weighted by molar-refractivity contribution is -0.139. The minimum absolute atomic E-state index is 0.0386. The van der Waals surface area contributed by atoms with E-state index >= 15 is 0 Å². The average molecular weight is 302 g/mol. The van der Waals surface area contributed by atoms with Crippen LogP contribution in [0.3, 0.4) is 0 Å². The lowest BCUT2D eigenvalue weighted by atomic mass is 10.1. The summed E-state index contributed by atoms with van der Waals surface area (Å²) in [6.07, 6.45) is 0. The van der Waals surface area contributed by atoms with Crippen LogP contribution in [-0.2, 0) is 4.79 Å². The molecule has 0 fully saturated rings. The SMILES string of the molecule is COc1ccc(C(C)NC(C)C(=O)O)cc1Br. The van der Waals surface area contributed by atoms with Gasteiger partial charge in [0.25, 0.3) is 0 Å². The van der Waals surface area contributed by atoms with Gasteiger partial charge in [-0.3, -0.25) is 10.1 Å². The molecule has 4 nitrogen and oxygen atoms in total. The van der Waals surface area contributed by atoms with E-state index in [1.165, 1.54) is 0 Å². The molecule has 2 N–H and O–H groups in total. The highest BCUT2D eigenvalue weighted by Gasteiger charge is 2.15. The molecular formula is C12H16BrNO3. The largest absolute Gasteiger partial charge is 0.496 e. The molecule has 0 saturated carbocycles. The summed E-state index contributed by atoms with van der Waals surface area (Å²) in [5.41, 5.74) is 1.01. The smallest absolute Gasteiger partial charge is 0.320 e. The molecule has 1 aromatic carbocycles. The first-order chi connectivity index (χ1) is 7.95. The highest BCUT2D eigenvalue weighted by Crippen LogP contribution is 2.28. The van der Waals surface area contributed by atoms with Gasteiger partial charge in [-0.05, 0) is 47.5 Å². The Balaban J connectivity index is 2.79. The lowest BCUT2D eigenvalue weighted by Crippen LogP contribution is -2.35. The van der Waals surface area contributed by atoms with E-state index in [9.17, 15) is 4.79 Å². The van der Waals surface area contributed by atoms with Crippen molar-refractivity contribution >= 4 is 21.9 Å². The molecule has 0 spiro atoms. The van der Waals surface area contributed by atoms with Crippen LogP contribution < -0.4 is 10.1 Å². The Kier molecular flexibility index (Phi) is 4.96. The maximum atomic E-state index is 10.7. The minimum atomic E-state index is -0.857. The van der Waals surface area contributed by atoms with E-state index in [4.69, 9.17) is 9.84 Å². The van der Waals surface area contributed by atoms with Crippen molar-refractivity contribution in [3.8, 4) is 5.75 Å². The summed E-state index contributed by atoms with van der Waals surface area (Å²) in [4.78, 5) is 10.7. The van der Waals surface area contributed by atoms with Crippen molar-refractivity contribution in [1.82, 2.24) is 5.32 Å². The number of methoxy groups -OCH3 is 1. The number of nitrogens with one attached hydrogen (secondary N) is 1. The molecule has 0 amide bonds. The van der Waals surface area contributed by atoms with Crippen LogP contribution in [0.15, 0.2) is 22.7 Å². The number of carboxylic acids is 1. The Morgan fingerprint density at radius 2 is 2.12 bits per heavy atom. The summed E-state index contributed by atoms with van der Waals surface area (Å²) in [5.74, 6) is -0.100. The number of carboxylic acid groups (broad SMARTS) is 1. The van der Waals surface area contributed by atoms with Crippen LogP contribution in [0.5, 0.6) is 5.75 Å². The zero-order chi connectivity index (χ0) is 13.0. The molecular weight excluding hydrogens is 286 g/mol. The maximum Gasteiger partial charge on any atom is 0.320 e. The first kappa shape index (κ1) is 14.0. The molecule has 0 aliphatic heterocycles. The zero-order valence-corrected chi connectivity index (χ0v) is 11.6. The number of ether oxygens (including phenoxy) is 1. The summed E-state index contributed by atoms with van der Waals surface area (Å²) >= 11 is 3.40. The predicted octanol–water partition coefficient (Wildman–Crippen LogP) is 2.58. The van der Waals surface area contributed by atoms with Crippen LogP contribution in [0.2, 0.25) is 0 Å². The Hall–Kier alpha value is -1.07. The van der Waals surface area contributed by atoms with Crippen LogP contribution in [0.25, 0.3) is 0 Å². The molecule has 1 aromatic rings. The highest BCUT2D eigenvalue weighted by molar-refractivity contribution is 9.10. The summed E-state index contributed by atoms with van der Waals surface area (Å²) in [5, 5.41) is 11.8. The topological polar surface area (TPSA) is 58.6 Å². The van der Waals surface area contributed by atoms with E-state index in [1.807, 2.05) is 25.1 Å². The van der Waals surface area contributed by atoms with Crippen LogP contribution >= 0.6 is 15.9 Å². The molecule has 94 valence electrons. The standard InChI is InChI=1S/C12H16BrNO3/c1-7(14-8(2)12(15)16)9-4-5-11(17-3)10(13)6-9/h4-8,14H,1-3H3,(H,15,16). The van der Waals surface area contributed by atoms with Crippen LogP contribution in [0.4, 0.5) is 0 Å². The number of hydrogen-bond acceptors (Lipinski definition) is 3. The number of aliphatic carboxylic acids is 1. The third-order valence-corrected chi connectivity index (χ3v) is 3.17. The fraction of sp³-hybridized carbons (Fsp3) is 0.417. The van der Waals surface area contributed by atoms with E-state index in [2.05, 4.69) is 21.2 Å². The third kappa shape index (κ3) is 3.71. The van der Waals surface area contributed by atoms with Crippen molar-refractivity contribution in [2.45, 2.75) is 25.9 Å². The molecule has 0 bridgehead atoms. The maximum absolute atomic E-state index is 10.7. The van der Waals surface area contributed by atoms with Crippen molar-refractivity contribution < 1.29 is 14.6 Å². The highest BCUT2D eigenvalue weighted by atomic mass is 79.9. The van der Waals surface area contributed by atoms with Crippen molar-refractivity contribution in [1.29, 1.82) is 0 Å². The Bertz CT molecular complexity index is 409. The van der Waals surface area contributed by atoms with Crippen LogP contribution in [-0.4, -0.2) is 24.2 Å². The zero-order valence-electron chi connectivity index (χ0n) is 10.0. The van der Waals surface area contributed by atoms with Crippen molar-refractivity contribution in [2.24, 2.45) is 0 Å². The van der Waals surface area contributed by atoms with Gasteiger partial charge in [0, 0.05) is 6.04 Å². The van der Waals surface area contributed by atoms with Crippen molar-refractivity contribution in [3.05, 3.63) is 28.2 Å². The fourth-order valence-corrected chi connectivity index (χ4v) is 2.05. The molecule has 0 aliphatic carbocycles. The molecule has 0 heterocycles. The molecule has 2 unspecified atom stereocenters. The van der Waals surface area contributed by atoms with E-state index in [0.717, 1.165) is 15.8 Å². The molecule has 2 atom stereocenters. The predicted molar refractivity (Wildman–Crippen MR) is 69.3 cm³/mol. The summed E-state index contributed by atoms with van der Waals surface area (Å²) in [6.45, 7) is 3.55. The van der Waals surface area contributed by atoms with E-state index in [-0.39, 0.29) is 6.04 Å². The monoisotopic (exact) mass is 301 g/mol. The third-order valence-electron chi connectivity index (χ3n) is 2.55. The Labute approximate surface area is 109 Å². The quantitative estimate of drug-likeness (QED) is 0.877. The molecule has 0 aliphatic rings. The van der Waals surface area contributed by atoms with Crippen molar-refractivity contribution in [3.63, 3.8) is 0 Å². The molecule has 5 heteroatoms. The molecule has 1 rings (SSSR count). The van der Waals surface area contributed by atoms with Gasteiger partial charge in [0.05, 0.1) is 11.6 Å². The van der Waals surface area contributed by atoms with Crippen LogP contribution in [0, 0.1) is 0 Å². The normalized spacial score (nSPS) is 14.1. The van der Waals surface area contributed by atoms with Crippen LogP contribution in [0.1, 0.15) is 25.5 Å². The molecule has 0 aromatic heterocycles. The first-order valence-corrected chi connectivity index (χ1v) is 6.07. The molecule has 0 radical (unpaired) electrons. The van der Waals surface area contributed by atoms with Gasteiger partial charge in [-0.2, -0.15) is 0 Å². The number of halogens is 1. The number of rotatable bonds is 5. The summed E-state index contributed by atoms with van der Waals surface area (Å²) in [6, 6.07) is 5.07.